The van der Waals surface area contributed by atoms with Gasteiger partial charge in [-0.25, -0.2) is 19.9 Å². The Morgan fingerprint density at radius 3 is 2.81 bits per heavy atom. The number of methoxy groups -OCH3 is 1. The number of nitrogens with zero attached hydrogens (tertiary/aromatic N) is 3. The first-order valence-corrected chi connectivity index (χ1v) is 6.98. The van der Waals surface area contributed by atoms with Crippen LogP contribution in [0.5, 0.6) is 0 Å². The Hall–Kier alpha value is -2.54. The molecule has 0 bridgehead atoms. The number of hydrogen-bond donors (Lipinski definition) is 1. The second-order valence-corrected chi connectivity index (χ2v) is 5.30. The third-order valence-electron chi connectivity index (χ3n) is 2.80. The van der Waals surface area contributed by atoms with Gasteiger partial charge < -0.3 is 4.74 Å². The fourth-order valence-electron chi connectivity index (χ4n) is 1.83. The van der Waals surface area contributed by atoms with Crippen LogP contribution in [0.4, 0.5) is 4.79 Å². The summed E-state index contributed by atoms with van der Waals surface area (Å²) in [5, 5.41) is 0. The molecule has 0 atom stereocenters. The summed E-state index contributed by atoms with van der Waals surface area (Å²) in [5.41, 5.74) is 4.16. The van der Waals surface area contributed by atoms with Gasteiger partial charge in [0.1, 0.15) is 6.33 Å². The number of fused-ring (bicyclic) bond motifs is 1. The Balaban J connectivity index is 1.86. The minimum Gasteiger partial charge on any atom is -0.452 e. The molecular weight excluding hydrogens is 288 g/mol. The van der Waals surface area contributed by atoms with E-state index in [0.717, 1.165) is 20.8 Å². The maximum absolute atomic E-state index is 11.2. The number of pyridine rings is 1. The largest absolute Gasteiger partial charge is 0.452 e. The molecule has 3 rings (SSSR count). The summed E-state index contributed by atoms with van der Waals surface area (Å²) < 4.78 is 6.10. The lowest BCUT2D eigenvalue weighted by Gasteiger charge is -2.05. The van der Waals surface area contributed by atoms with Crippen molar-refractivity contribution in [3.63, 3.8) is 0 Å². The first-order valence-electron chi connectivity index (χ1n) is 6.16. The van der Waals surface area contributed by atoms with Crippen molar-refractivity contribution in [1.29, 1.82) is 0 Å². The zero-order valence-corrected chi connectivity index (χ0v) is 12.0. The molecule has 0 fully saturated rings. The van der Waals surface area contributed by atoms with E-state index in [9.17, 15) is 4.79 Å². The van der Waals surface area contributed by atoms with Crippen LogP contribution in [0.15, 0.2) is 58.8 Å². The van der Waals surface area contributed by atoms with Gasteiger partial charge in [-0.1, -0.05) is 11.8 Å². The maximum Gasteiger partial charge on any atom is 0.426 e. The van der Waals surface area contributed by atoms with Gasteiger partial charge in [0.2, 0.25) is 0 Å². The molecule has 1 aromatic carbocycles. The Bertz CT molecular complexity index is 773. The first-order chi connectivity index (χ1) is 10.3. The van der Waals surface area contributed by atoms with Gasteiger partial charge in [-0.05, 0) is 30.3 Å². The van der Waals surface area contributed by atoms with Crippen LogP contribution < -0.4 is 5.43 Å². The standard InChI is InChI=1S/C14H12N4O2S/c1-20-14(19)17-18-9-16-12-8-11(2-3-13(12)18)21-10-4-6-15-7-5-10/h2-9H,1H3,(H,17,19). The first kappa shape index (κ1) is 13.4. The molecule has 1 N–H and O–H groups in total. The van der Waals surface area contributed by atoms with Crippen molar-refractivity contribution in [1.82, 2.24) is 14.6 Å². The van der Waals surface area contributed by atoms with E-state index >= 15 is 0 Å². The Morgan fingerprint density at radius 2 is 2.05 bits per heavy atom. The van der Waals surface area contributed by atoms with E-state index in [0.29, 0.717) is 0 Å². The average molecular weight is 300 g/mol. The number of imidazole rings is 1. The number of ether oxygens (including phenoxy) is 1. The van der Waals surface area contributed by atoms with Crippen LogP contribution in [0.3, 0.4) is 0 Å². The molecule has 7 heteroatoms. The second-order valence-electron chi connectivity index (χ2n) is 4.15. The van der Waals surface area contributed by atoms with Gasteiger partial charge in [-0.3, -0.25) is 4.98 Å². The highest BCUT2D eigenvalue weighted by Gasteiger charge is 2.07. The van der Waals surface area contributed by atoms with E-state index in [2.05, 4.69) is 20.1 Å². The van der Waals surface area contributed by atoms with Crippen molar-refractivity contribution < 1.29 is 9.53 Å². The number of aromatic nitrogens is 3. The SMILES string of the molecule is COC(=O)Nn1cnc2cc(Sc3ccncc3)ccc21. The number of hydrogen-bond acceptors (Lipinski definition) is 5. The molecule has 106 valence electrons. The molecule has 2 heterocycles. The third-order valence-corrected chi connectivity index (χ3v) is 3.80. The number of rotatable bonds is 3. The van der Waals surface area contributed by atoms with Crippen molar-refractivity contribution in [2.45, 2.75) is 9.79 Å². The zero-order valence-electron chi connectivity index (χ0n) is 11.2. The molecule has 0 saturated carbocycles. The van der Waals surface area contributed by atoms with Gasteiger partial charge in [0, 0.05) is 22.2 Å². The summed E-state index contributed by atoms with van der Waals surface area (Å²) in [7, 11) is 1.32. The molecule has 21 heavy (non-hydrogen) atoms. The van der Waals surface area contributed by atoms with Crippen molar-refractivity contribution in [2.75, 3.05) is 12.5 Å². The molecule has 0 radical (unpaired) electrons. The van der Waals surface area contributed by atoms with E-state index in [1.807, 2.05) is 30.3 Å². The van der Waals surface area contributed by atoms with Crippen molar-refractivity contribution in [3.8, 4) is 0 Å². The van der Waals surface area contributed by atoms with Crippen molar-refractivity contribution in [3.05, 3.63) is 49.1 Å². The molecule has 3 aromatic rings. The van der Waals surface area contributed by atoms with E-state index < -0.39 is 6.09 Å². The normalized spacial score (nSPS) is 10.5. The number of carbonyl (C=O) groups excluding carboxylic acids is 1. The van der Waals surface area contributed by atoms with Gasteiger partial charge in [0.15, 0.2) is 0 Å². The molecule has 0 spiro atoms. The predicted molar refractivity (Wildman–Crippen MR) is 79.9 cm³/mol. The fraction of sp³-hybridized carbons (Fsp3) is 0.0714. The van der Waals surface area contributed by atoms with Gasteiger partial charge in [0.25, 0.3) is 0 Å². The highest BCUT2D eigenvalue weighted by atomic mass is 32.2. The highest BCUT2D eigenvalue weighted by molar-refractivity contribution is 7.99. The summed E-state index contributed by atoms with van der Waals surface area (Å²) in [5.74, 6) is 0. The molecule has 1 amide bonds. The monoisotopic (exact) mass is 300 g/mol. The lowest BCUT2D eigenvalue weighted by Crippen LogP contribution is -2.21. The quantitative estimate of drug-likeness (QED) is 0.805. The lowest BCUT2D eigenvalue weighted by molar-refractivity contribution is 0.183. The predicted octanol–water partition coefficient (Wildman–Crippen LogP) is 2.89. The summed E-state index contributed by atoms with van der Waals surface area (Å²) in [4.78, 5) is 21.7. The van der Waals surface area contributed by atoms with Crippen LogP contribution in [-0.2, 0) is 4.74 Å². The molecular formula is C14H12N4O2S. The molecule has 0 aliphatic heterocycles. The minimum absolute atomic E-state index is 0.537. The number of nitrogens with one attached hydrogen (secondary N) is 1. The highest BCUT2D eigenvalue weighted by Crippen LogP contribution is 2.29. The van der Waals surface area contributed by atoms with E-state index in [1.54, 1.807) is 30.5 Å². The van der Waals surface area contributed by atoms with Crippen LogP contribution in [-0.4, -0.2) is 27.8 Å². The van der Waals surface area contributed by atoms with E-state index in [-0.39, 0.29) is 0 Å². The summed E-state index contributed by atoms with van der Waals surface area (Å²) in [6, 6.07) is 9.75. The summed E-state index contributed by atoms with van der Waals surface area (Å²) >= 11 is 1.63. The maximum atomic E-state index is 11.2. The molecule has 0 aliphatic rings. The molecule has 0 aliphatic carbocycles. The smallest absolute Gasteiger partial charge is 0.426 e. The number of benzene rings is 1. The Morgan fingerprint density at radius 1 is 1.24 bits per heavy atom. The van der Waals surface area contributed by atoms with Gasteiger partial charge in [-0.15, -0.1) is 0 Å². The van der Waals surface area contributed by atoms with Gasteiger partial charge >= 0.3 is 6.09 Å². The number of amides is 1. The van der Waals surface area contributed by atoms with Crippen molar-refractivity contribution >= 4 is 28.9 Å². The van der Waals surface area contributed by atoms with Gasteiger partial charge in [-0.2, -0.15) is 0 Å². The molecule has 0 unspecified atom stereocenters. The topological polar surface area (TPSA) is 69.0 Å². The van der Waals surface area contributed by atoms with E-state index in [1.165, 1.54) is 11.8 Å². The van der Waals surface area contributed by atoms with E-state index in [4.69, 9.17) is 0 Å². The van der Waals surface area contributed by atoms with Crippen LogP contribution in [0.25, 0.3) is 11.0 Å². The van der Waals surface area contributed by atoms with Crippen LogP contribution in [0.1, 0.15) is 0 Å². The number of carbonyl (C=O) groups is 1. The summed E-state index contributed by atoms with van der Waals surface area (Å²) in [6.07, 6.45) is 4.53. The average Bonchev–Trinajstić information content (AvgIpc) is 2.90. The molecule has 2 aromatic heterocycles. The molecule has 0 saturated heterocycles. The Labute approximate surface area is 125 Å². The van der Waals surface area contributed by atoms with Crippen LogP contribution >= 0.6 is 11.8 Å². The summed E-state index contributed by atoms with van der Waals surface area (Å²) in [6.45, 7) is 0. The van der Waals surface area contributed by atoms with Crippen LogP contribution in [0.2, 0.25) is 0 Å². The van der Waals surface area contributed by atoms with Crippen LogP contribution in [0, 0.1) is 0 Å². The Kier molecular flexibility index (Phi) is 3.74. The lowest BCUT2D eigenvalue weighted by atomic mass is 10.3. The van der Waals surface area contributed by atoms with Crippen molar-refractivity contribution in [2.24, 2.45) is 0 Å². The molecule has 6 nitrogen and oxygen atoms in total. The van der Waals surface area contributed by atoms with Gasteiger partial charge in [0.05, 0.1) is 18.1 Å². The zero-order chi connectivity index (χ0) is 14.7. The third kappa shape index (κ3) is 2.97. The minimum atomic E-state index is -0.537. The second kappa shape index (κ2) is 5.84. The fourth-order valence-corrected chi connectivity index (χ4v) is 2.67.